The quantitative estimate of drug-likeness (QED) is 0.791. The fourth-order valence-electron chi connectivity index (χ4n) is 3.47. The smallest absolute Gasteiger partial charge is 0.309 e. The highest BCUT2D eigenvalue weighted by Crippen LogP contribution is 2.35. The van der Waals surface area contributed by atoms with Gasteiger partial charge in [-0.05, 0) is 35.7 Å². The van der Waals surface area contributed by atoms with Crippen molar-refractivity contribution in [2.45, 2.75) is 12.5 Å². The zero-order valence-electron chi connectivity index (χ0n) is 16.0. The fraction of sp³-hybridized carbons (Fsp3) is 0.333. The van der Waals surface area contributed by atoms with Gasteiger partial charge in [0.2, 0.25) is 0 Å². The first-order valence-electron chi connectivity index (χ1n) is 9.13. The monoisotopic (exact) mass is 366 g/mol. The molecular weight excluding hydrogens is 340 g/mol. The molecule has 0 radical (unpaired) electrons. The summed E-state index contributed by atoms with van der Waals surface area (Å²) in [6.07, 6.45) is 0.978. The van der Waals surface area contributed by atoms with Crippen molar-refractivity contribution in [3.05, 3.63) is 59.7 Å². The van der Waals surface area contributed by atoms with Gasteiger partial charge < -0.3 is 20.4 Å². The summed E-state index contributed by atoms with van der Waals surface area (Å²) in [6.45, 7) is 1.25. The lowest BCUT2D eigenvalue weighted by molar-refractivity contribution is -0.138. The van der Waals surface area contributed by atoms with Gasteiger partial charge in [0.15, 0.2) is 0 Å². The summed E-state index contributed by atoms with van der Waals surface area (Å²) in [5.74, 6) is -1.24. The van der Waals surface area contributed by atoms with E-state index >= 15 is 0 Å². The summed E-state index contributed by atoms with van der Waals surface area (Å²) in [5.41, 5.74) is 4.72. The highest BCUT2D eigenvalue weighted by molar-refractivity contribution is 6.35. The molecule has 1 unspecified atom stereocenters. The van der Waals surface area contributed by atoms with Gasteiger partial charge in [0.25, 0.3) is 0 Å². The second kappa shape index (κ2) is 8.12. The van der Waals surface area contributed by atoms with Crippen LogP contribution in [-0.4, -0.2) is 46.0 Å². The third-order valence-electron chi connectivity index (χ3n) is 4.98. The maximum atomic E-state index is 12.0. The molecule has 2 amide bonds. The van der Waals surface area contributed by atoms with Crippen LogP contribution in [0.2, 0.25) is 0 Å². The van der Waals surface area contributed by atoms with Gasteiger partial charge in [0.05, 0.1) is 6.04 Å². The molecule has 2 N–H and O–H groups in total. The first-order valence-corrected chi connectivity index (χ1v) is 9.13. The number of anilines is 2. The number of benzene rings is 2. The van der Waals surface area contributed by atoms with Crippen molar-refractivity contribution >= 4 is 23.2 Å². The molecule has 6 heteroatoms. The molecule has 1 aliphatic rings. The summed E-state index contributed by atoms with van der Waals surface area (Å²) in [5, 5.41) is 5.14. The molecule has 0 aliphatic carbocycles. The summed E-state index contributed by atoms with van der Waals surface area (Å²) in [6, 6.07) is 16.6. The molecule has 142 valence electrons. The molecule has 1 aliphatic heterocycles. The van der Waals surface area contributed by atoms with Crippen molar-refractivity contribution in [3.8, 4) is 0 Å². The Bertz CT molecular complexity index is 817. The van der Waals surface area contributed by atoms with E-state index in [-0.39, 0.29) is 6.04 Å². The number of rotatable bonds is 5. The zero-order valence-corrected chi connectivity index (χ0v) is 16.0. The third-order valence-corrected chi connectivity index (χ3v) is 4.98. The van der Waals surface area contributed by atoms with E-state index in [1.165, 1.54) is 18.3 Å². The summed E-state index contributed by atoms with van der Waals surface area (Å²) in [7, 11) is 5.47. The van der Waals surface area contributed by atoms with Crippen LogP contribution in [0.25, 0.3) is 0 Å². The largest absolute Gasteiger partial charge is 0.378 e. The van der Waals surface area contributed by atoms with Crippen molar-refractivity contribution in [1.82, 2.24) is 10.6 Å². The third kappa shape index (κ3) is 4.05. The fourth-order valence-corrected chi connectivity index (χ4v) is 3.47. The Morgan fingerprint density at radius 1 is 1.07 bits per heavy atom. The predicted molar refractivity (Wildman–Crippen MR) is 108 cm³/mol. The molecule has 2 aromatic carbocycles. The SMILES string of the molecule is CNC(=O)C(=O)NCC(c1ccc(N(C)C)cc1)N1CCc2ccccc21. The van der Waals surface area contributed by atoms with Gasteiger partial charge in [-0.1, -0.05) is 30.3 Å². The Morgan fingerprint density at radius 2 is 1.78 bits per heavy atom. The molecule has 0 spiro atoms. The van der Waals surface area contributed by atoms with E-state index < -0.39 is 11.8 Å². The standard InChI is InChI=1S/C21H26N4O2/c1-22-20(26)21(27)23-14-19(16-8-10-17(11-9-16)24(2)3)25-13-12-15-6-4-5-7-18(15)25/h4-11,19H,12-14H2,1-3H3,(H,22,26)(H,23,27). The van der Waals surface area contributed by atoms with Crippen LogP contribution in [0.1, 0.15) is 17.2 Å². The molecule has 0 fully saturated rings. The van der Waals surface area contributed by atoms with Crippen molar-refractivity contribution in [1.29, 1.82) is 0 Å². The first-order chi connectivity index (χ1) is 13.0. The molecule has 6 nitrogen and oxygen atoms in total. The number of hydrogen-bond acceptors (Lipinski definition) is 4. The van der Waals surface area contributed by atoms with Crippen LogP contribution in [0, 0.1) is 0 Å². The topological polar surface area (TPSA) is 64.7 Å². The molecule has 0 aromatic heterocycles. The van der Waals surface area contributed by atoms with Gasteiger partial charge in [-0.2, -0.15) is 0 Å². The van der Waals surface area contributed by atoms with E-state index in [2.05, 4.69) is 62.9 Å². The molecule has 27 heavy (non-hydrogen) atoms. The number of hydrogen-bond donors (Lipinski definition) is 2. The van der Waals surface area contributed by atoms with Gasteiger partial charge in [0, 0.05) is 45.6 Å². The van der Waals surface area contributed by atoms with Crippen LogP contribution in [0.5, 0.6) is 0 Å². The summed E-state index contributed by atoms with van der Waals surface area (Å²) >= 11 is 0. The number of fused-ring (bicyclic) bond motifs is 1. The van der Waals surface area contributed by atoms with Crippen LogP contribution >= 0.6 is 0 Å². The molecule has 1 atom stereocenters. The number of likely N-dealkylation sites (N-methyl/N-ethyl adjacent to an activating group) is 1. The van der Waals surface area contributed by atoms with E-state index in [0.717, 1.165) is 24.2 Å². The van der Waals surface area contributed by atoms with Crippen LogP contribution in [0.4, 0.5) is 11.4 Å². The highest BCUT2D eigenvalue weighted by Gasteiger charge is 2.28. The first kappa shape index (κ1) is 18.8. The predicted octanol–water partition coefficient (Wildman–Crippen LogP) is 1.72. The number of amides is 2. The number of nitrogens with one attached hydrogen (secondary N) is 2. The minimum atomic E-state index is -0.626. The number of nitrogens with zero attached hydrogens (tertiary/aromatic N) is 2. The maximum Gasteiger partial charge on any atom is 0.309 e. The second-order valence-electron chi connectivity index (χ2n) is 6.86. The second-order valence-corrected chi connectivity index (χ2v) is 6.86. The van der Waals surface area contributed by atoms with Crippen LogP contribution < -0.4 is 20.4 Å². The minimum Gasteiger partial charge on any atom is -0.378 e. The van der Waals surface area contributed by atoms with Gasteiger partial charge in [-0.25, -0.2) is 0 Å². The number of para-hydroxylation sites is 1. The normalized spacial score (nSPS) is 13.7. The van der Waals surface area contributed by atoms with Gasteiger partial charge in [-0.15, -0.1) is 0 Å². The van der Waals surface area contributed by atoms with Crippen LogP contribution in [0.15, 0.2) is 48.5 Å². The van der Waals surface area contributed by atoms with Crippen molar-refractivity contribution in [3.63, 3.8) is 0 Å². The van der Waals surface area contributed by atoms with Crippen molar-refractivity contribution < 1.29 is 9.59 Å². The molecule has 0 saturated heterocycles. The minimum absolute atomic E-state index is 0.0431. The Hall–Kier alpha value is -3.02. The molecule has 2 aromatic rings. The molecule has 1 heterocycles. The Labute approximate surface area is 160 Å². The summed E-state index contributed by atoms with van der Waals surface area (Å²) in [4.78, 5) is 27.9. The van der Waals surface area contributed by atoms with Crippen molar-refractivity contribution in [2.75, 3.05) is 44.0 Å². The average molecular weight is 366 g/mol. The van der Waals surface area contributed by atoms with E-state index in [4.69, 9.17) is 0 Å². The van der Waals surface area contributed by atoms with Crippen LogP contribution in [0.3, 0.4) is 0 Å². The summed E-state index contributed by atoms with van der Waals surface area (Å²) < 4.78 is 0. The maximum absolute atomic E-state index is 12.0. The lowest BCUT2D eigenvalue weighted by Crippen LogP contribution is -2.43. The zero-order chi connectivity index (χ0) is 19.4. The van der Waals surface area contributed by atoms with E-state index in [1.54, 1.807) is 0 Å². The lowest BCUT2D eigenvalue weighted by Gasteiger charge is -2.31. The van der Waals surface area contributed by atoms with E-state index in [9.17, 15) is 9.59 Å². The molecule has 3 rings (SSSR count). The van der Waals surface area contributed by atoms with Gasteiger partial charge >= 0.3 is 11.8 Å². The lowest BCUT2D eigenvalue weighted by atomic mass is 10.0. The molecule has 0 bridgehead atoms. The Morgan fingerprint density at radius 3 is 2.44 bits per heavy atom. The number of carbonyl (C=O) groups is 2. The Balaban J connectivity index is 1.87. The highest BCUT2D eigenvalue weighted by atomic mass is 16.2. The van der Waals surface area contributed by atoms with Gasteiger partial charge in [0.1, 0.15) is 0 Å². The molecular formula is C21H26N4O2. The van der Waals surface area contributed by atoms with Crippen molar-refractivity contribution in [2.24, 2.45) is 0 Å². The molecule has 0 saturated carbocycles. The van der Waals surface area contributed by atoms with Gasteiger partial charge in [-0.3, -0.25) is 9.59 Å². The van der Waals surface area contributed by atoms with Crippen LogP contribution in [-0.2, 0) is 16.0 Å². The Kier molecular flexibility index (Phi) is 5.64. The van der Waals surface area contributed by atoms with E-state index in [0.29, 0.717) is 6.54 Å². The van der Waals surface area contributed by atoms with E-state index in [1.807, 2.05) is 20.2 Å². The number of carbonyl (C=O) groups excluding carboxylic acids is 2. The average Bonchev–Trinajstić information content (AvgIpc) is 3.11.